The van der Waals surface area contributed by atoms with E-state index in [0.29, 0.717) is 5.69 Å². The molecular formula is C13H11ClN2O2. The van der Waals surface area contributed by atoms with Crippen molar-refractivity contribution in [2.45, 2.75) is 13.8 Å². The van der Waals surface area contributed by atoms with Crippen molar-refractivity contribution in [2.24, 2.45) is 0 Å². The van der Waals surface area contributed by atoms with Crippen LogP contribution in [0.25, 0.3) is 11.3 Å². The van der Waals surface area contributed by atoms with Crippen molar-refractivity contribution in [1.82, 2.24) is 4.98 Å². The third-order valence-corrected chi connectivity index (χ3v) is 2.99. The van der Waals surface area contributed by atoms with E-state index in [1.807, 2.05) is 32.0 Å². The van der Waals surface area contributed by atoms with E-state index in [2.05, 4.69) is 4.98 Å². The Balaban J connectivity index is 2.56. The molecule has 0 saturated heterocycles. The SMILES string of the molecule is Cc1ccc(-c2cc([N+](=O)[O-])cc(Cl)n2)cc1C. The molecule has 0 radical (unpaired) electrons. The van der Waals surface area contributed by atoms with Crippen LogP contribution in [0.1, 0.15) is 11.1 Å². The minimum atomic E-state index is -0.474. The number of hydrogen-bond acceptors (Lipinski definition) is 3. The molecule has 1 aromatic heterocycles. The monoisotopic (exact) mass is 262 g/mol. The van der Waals surface area contributed by atoms with Gasteiger partial charge in [-0.15, -0.1) is 0 Å². The third kappa shape index (κ3) is 2.49. The first-order chi connectivity index (χ1) is 8.47. The fourth-order valence-electron chi connectivity index (χ4n) is 1.64. The van der Waals surface area contributed by atoms with Crippen LogP contribution >= 0.6 is 11.6 Å². The number of hydrogen-bond donors (Lipinski definition) is 0. The quantitative estimate of drug-likeness (QED) is 0.468. The Hall–Kier alpha value is -1.94. The van der Waals surface area contributed by atoms with Crippen molar-refractivity contribution >= 4 is 17.3 Å². The summed E-state index contributed by atoms with van der Waals surface area (Å²) in [5.74, 6) is 0. The average Bonchev–Trinajstić information content (AvgIpc) is 2.31. The molecule has 0 saturated carbocycles. The van der Waals surface area contributed by atoms with Gasteiger partial charge in [-0.05, 0) is 31.0 Å². The lowest BCUT2D eigenvalue weighted by Gasteiger charge is -2.05. The van der Waals surface area contributed by atoms with Gasteiger partial charge >= 0.3 is 0 Å². The zero-order valence-electron chi connectivity index (χ0n) is 9.98. The van der Waals surface area contributed by atoms with Crippen molar-refractivity contribution in [3.05, 3.63) is 56.7 Å². The number of nitrogens with zero attached hydrogens (tertiary/aromatic N) is 2. The highest BCUT2D eigenvalue weighted by Gasteiger charge is 2.11. The fraction of sp³-hybridized carbons (Fsp3) is 0.154. The van der Waals surface area contributed by atoms with Gasteiger partial charge in [-0.2, -0.15) is 0 Å². The highest BCUT2D eigenvalue weighted by Crippen LogP contribution is 2.26. The van der Waals surface area contributed by atoms with Gasteiger partial charge in [0.15, 0.2) is 0 Å². The highest BCUT2D eigenvalue weighted by atomic mass is 35.5. The van der Waals surface area contributed by atoms with E-state index >= 15 is 0 Å². The van der Waals surface area contributed by atoms with Gasteiger partial charge in [-0.25, -0.2) is 4.98 Å². The van der Waals surface area contributed by atoms with Gasteiger partial charge in [0.05, 0.1) is 16.7 Å². The smallest absolute Gasteiger partial charge is 0.258 e. The molecule has 0 atom stereocenters. The summed E-state index contributed by atoms with van der Waals surface area (Å²) in [4.78, 5) is 14.4. The van der Waals surface area contributed by atoms with Crippen LogP contribution in [0.4, 0.5) is 5.69 Å². The number of halogens is 1. The lowest BCUT2D eigenvalue weighted by atomic mass is 10.0. The number of aryl methyl sites for hydroxylation is 2. The molecule has 4 nitrogen and oxygen atoms in total. The van der Waals surface area contributed by atoms with Gasteiger partial charge in [0, 0.05) is 11.6 Å². The molecule has 0 aliphatic rings. The molecule has 0 bridgehead atoms. The first kappa shape index (κ1) is 12.5. The average molecular weight is 263 g/mol. The summed E-state index contributed by atoms with van der Waals surface area (Å²) in [6.07, 6.45) is 0. The Morgan fingerprint density at radius 1 is 1.17 bits per heavy atom. The number of pyridine rings is 1. The van der Waals surface area contributed by atoms with E-state index in [1.54, 1.807) is 0 Å². The van der Waals surface area contributed by atoms with E-state index in [9.17, 15) is 10.1 Å². The Bertz CT molecular complexity index is 626. The van der Waals surface area contributed by atoms with Gasteiger partial charge < -0.3 is 0 Å². The molecule has 0 unspecified atom stereocenters. The molecule has 0 amide bonds. The summed E-state index contributed by atoms with van der Waals surface area (Å²) in [6.45, 7) is 3.99. The van der Waals surface area contributed by atoms with Crippen molar-refractivity contribution in [1.29, 1.82) is 0 Å². The minimum Gasteiger partial charge on any atom is -0.258 e. The molecule has 0 aliphatic heterocycles. The van der Waals surface area contributed by atoms with Crippen LogP contribution in [0.2, 0.25) is 5.15 Å². The zero-order chi connectivity index (χ0) is 13.3. The van der Waals surface area contributed by atoms with Crippen LogP contribution < -0.4 is 0 Å². The lowest BCUT2D eigenvalue weighted by molar-refractivity contribution is -0.384. The van der Waals surface area contributed by atoms with E-state index in [1.165, 1.54) is 12.1 Å². The maximum Gasteiger partial charge on any atom is 0.274 e. The molecule has 18 heavy (non-hydrogen) atoms. The van der Waals surface area contributed by atoms with Crippen LogP contribution in [0, 0.1) is 24.0 Å². The predicted octanol–water partition coefficient (Wildman–Crippen LogP) is 3.93. The minimum absolute atomic E-state index is 0.0526. The Kier molecular flexibility index (Phi) is 3.30. The normalized spacial score (nSPS) is 10.4. The molecule has 1 heterocycles. The molecule has 0 N–H and O–H groups in total. The third-order valence-electron chi connectivity index (χ3n) is 2.79. The van der Waals surface area contributed by atoms with Crippen LogP contribution in [-0.4, -0.2) is 9.91 Å². The highest BCUT2D eigenvalue weighted by molar-refractivity contribution is 6.29. The van der Waals surface area contributed by atoms with Crippen molar-refractivity contribution in [2.75, 3.05) is 0 Å². The molecule has 5 heteroatoms. The molecule has 92 valence electrons. The second-order valence-electron chi connectivity index (χ2n) is 4.09. The molecular weight excluding hydrogens is 252 g/mol. The predicted molar refractivity (Wildman–Crippen MR) is 70.8 cm³/mol. The molecule has 0 spiro atoms. The Labute approximate surface area is 109 Å². The van der Waals surface area contributed by atoms with Crippen molar-refractivity contribution in [3.63, 3.8) is 0 Å². The van der Waals surface area contributed by atoms with Crippen molar-refractivity contribution in [3.8, 4) is 11.3 Å². The summed E-state index contributed by atoms with van der Waals surface area (Å²) in [7, 11) is 0. The lowest BCUT2D eigenvalue weighted by Crippen LogP contribution is -1.92. The maximum atomic E-state index is 10.8. The number of benzene rings is 1. The van der Waals surface area contributed by atoms with Crippen LogP contribution in [0.3, 0.4) is 0 Å². The summed E-state index contributed by atoms with van der Waals surface area (Å²) in [5, 5.41) is 10.9. The number of rotatable bonds is 2. The molecule has 0 fully saturated rings. The summed E-state index contributed by atoms with van der Waals surface area (Å²) >= 11 is 5.80. The van der Waals surface area contributed by atoms with Gasteiger partial charge in [0.2, 0.25) is 0 Å². The molecule has 0 aliphatic carbocycles. The van der Waals surface area contributed by atoms with E-state index in [-0.39, 0.29) is 10.8 Å². The second-order valence-corrected chi connectivity index (χ2v) is 4.48. The summed E-state index contributed by atoms with van der Waals surface area (Å²) in [5.41, 5.74) is 3.55. The second kappa shape index (κ2) is 4.74. The zero-order valence-corrected chi connectivity index (χ0v) is 10.7. The van der Waals surface area contributed by atoms with E-state index in [4.69, 9.17) is 11.6 Å². The Morgan fingerprint density at radius 3 is 2.50 bits per heavy atom. The topological polar surface area (TPSA) is 56.0 Å². The molecule has 1 aromatic carbocycles. The van der Waals surface area contributed by atoms with Crippen LogP contribution in [0.15, 0.2) is 30.3 Å². The van der Waals surface area contributed by atoms with Crippen molar-refractivity contribution < 1.29 is 4.92 Å². The summed E-state index contributed by atoms with van der Waals surface area (Å²) in [6, 6.07) is 8.45. The van der Waals surface area contributed by atoms with E-state index < -0.39 is 4.92 Å². The van der Waals surface area contributed by atoms with Gasteiger partial charge in [0.25, 0.3) is 5.69 Å². The van der Waals surface area contributed by atoms with Gasteiger partial charge in [-0.3, -0.25) is 10.1 Å². The van der Waals surface area contributed by atoms with E-state index in [0.717, 1.165) is 16.7 Å². The first-order valence-corrected chi connectivity index (χ1v) is 5.75. The number of nitro groups is 1. The fourth-order valence-corrected chi connectivity index (χ4v) is 1.84. The van der Waals surface area contributed by atoms with Gasteiger partial charge in [-0.1, -0.05) is 23.7 Å². The Morgan fingerprint density at radius 2 is 1.89 bits per heavy atom. The molecule has 2 rings (SSSR count). The largest absolute Gasteiger partial charge is 0.274 e. The summed E-state index contributed by atoms with van der Waals surface area (Å²) < 4.78 is 0. The maximum absolute atomic E-state index is 10.8. The van der Waals surface area contributed by atoms with Gasteiger partial charge in [0.1, 0.15) is 5.15 Å². The first-order valence-electron chi connectivity index (χ1n) is 5.37. The number of aromatic nitrogens is 1. The molecule has 2 aromatic rings. The van der Waals surface area contributed by atoms with Crippen LogP contribution in [-0.2, 0) is 0 Å². The van der Waals surface area contributed by atoms with Crippen LogP contribution in [0.5, 0.6) is 0 Å². The standard InChI is InChI=1S/C13H11ClN2O2/c1-8-3-4-10(5-9(8)2)12-6-11(16(17)18)7-13(14)15-12/h3-7H,1-2H3.